The molecule has 1 heterocycles. The molecule has 0 bridgehead atoms. The summed E-state index contributed by atoms with van der Waals surface area (Å²) in [5.41, 5.74) is 14.5. The molecule has 0 saturated carbocycles. The van der Waals surface area contributed by atoms with Crippen molar-refractivity contribution in [1.29, 1.82) is 0 Å². The summed E-state index contributed by atoms with van der Waals surface area (Å²) in [6.07, 6.45) is 0. The molecule has 254 valence electrons. The minimum absolute atomic E-state index is 0.904. The Bertz CT molecular complexity index is 2930. The van der Waals surface area contributed by atoms with Gasteiger partial charge in [-0.2, -0.15) is 0 Å². The molecule has 0 saturated heterocycles. The monoisotopic (exact) mass is 689 g/mol. The summed E-state index contributed by atoms with van der Waals surface area (Å²) in [4.78, 5) is 2.42. The van der Waals surface area contributed by atoms with Crippen molar-refractivity contribution in [2.75, 3.05) is 4.90 Å². The van der Waals surface area contributed by atoms with Crippen molar-refractivity contribution in [3.05, 3.63) is 212 Å². The first-order valence-electron chi connectivity index (χ1n) is 18.4. The number of hydrogen-bond donors (Lipinski definition) is 0. The number of hydrogen-bond acceptors (Lipinski definition) is 2. The van der Waals surface area contributed by atoms with Crippen LogP contribution in [0.5, 0.6) is 0 Å². The van der Waals surface area contributed by atoms with Crippen molar-refractivity contribution in [3.63, 3.8) is 0 Å². The summed E-state index contributed by atoms with van der Waals surface area (Å²) in [6, 6.07) is 76.0. The predicted molar refractivity (Wildman–Crippen MR) is 228 cm³/mol. The zero-order valence-electron chi connectivity index (χ0n) is 29.6. The van der Waals surface area contributed by atoms with Gasteiger partial charge in [-0.25, -0.2) is 0 Å². The normalized spacial score (nSPS) is 11.3. The molecule has 0 radical (unpaired) electrons. The third-order valence-corrected chi connectivity index (χ3v) is 10.5. The molecule has 0 spiro atoms. The molecule has 0 N–H and O–H groups in total. The Kier molecular flexibility index (Phi) is 7.85. The van der Waals surface area contributed by atoms with Gasteiger partial charge < -0.3 is 9.32 Å². The van der Waals surface area contributed by atoms with Gasteiger partial charge in [0.25, 0.3) is 0 Å². The quantitative estimate of drug-likeness (QED) is 0.166. The van der Waals surface area contributed by atoms with Crippen molar-refractivity contribution >= 4 is 49.8 Å². The van der Waals surface area contributed by atoms with E-state index in [1.165, 1.54) is 33.0 Å². The zero-order valence-corrected chi connectivity index (χ0v) is 29.6. The molecule has 9 aromatic carbocycles. The molecule has 0 fully saturated rings. The number of para-hydroxylation sites is 3. The molecular weight excluding hydrogens is 655 g/mol. The van der Waals surface area contributed by atoms with Gasteiger partial charge in [0.2, 0.25) is 0 Å². The van der Waals surface area contributed by atoms with Crippen LogP contribution in [0.2, 0.25) is 0 Å². The number of furan rings is 1. The molecule has 0 amide bonds. The average molecular weight is 690 g/mol. The average Bonchev–Trinajstić information content (AvgIpc) is 3.63. The van der Waals surface area contributed by atoms with Gasteiger partial charge in [0, 0.05) is 27.6 Å². The van der Waals surface area contributed by atoms with Crippen molar-refractivity contribution in [2.45, 2.75) is 0 Å². The van der Waals surface area contributed by atoms with E-state index in [1.54, 1.807) is 0 Å². The maximum absolute atomic E-state index is 6.13. The van der Waals surface area contributed by atoms with Crippen molar-refractivity contribution in [3.8, 4) is 44.5 Å². The fourth-order valence-electron chi connectivity index (χ4n) is 7.89. The second-order valence-electron chi connectivity index (χ2n) is 13.7. The first-order chi connectivity index (χ1) is 26.8. The molecule has 10 rings (SSSR count). The highest BCUT2D eigenvalue weighted by atomic mass is 16.3. The van der Waals surface area contributed by atoms with E-state index in [-0.39, 0.29) is 0 Å². The fraction of sp³-hybridized carbons (Fsp3) is 0. The van der Waals surface area contributed by atoms with E-state index >= 15 is 0 Å². The molecule has 0 aliphatic rings. The molecule has 2 heteroatoms. The van der Waals surface area contributed by atoms with Crippen LogP contribution in [0.4, 0.5) is 17.1 Å². The lowest BCUT2D eigenvalue weighted by molar-refractivity contribution is 0.669. The largest absolute Gasteiger partial charge is 0.456 e. The van der Waals surface area contributed by atoms with Crippen LogP contribution >= 0.6 is 0 Å². The predicted octanol–water partition coefficient (Wildman–Crippen LogP) is 14.9. The van der Waals surface area contributed by atoms with Gasteiger partial charge in [-0.1, -0.05) is 164 Å². The minimum Gasteiger partial charge on any atom is -0.456 e. The molecule has 10 aromatic rings. The van der Waals surface area contributed by atoms with Crippen molar-refractivity contribution in [1.82, 2.24) is 0 Å². The lowest BCUT2D eigenvalue weighted by atomic mass is 9.94. The SMILES string of the molecule is c1ccc(-c2ccccc2N(c2ccc(-c3ccc4oc5ccccc5c4c3)cc2)c2ccccc2-c2cccc(-c3cccc4ccccc34)c2)cc1. The van der Waals surface area contributed by atoms with E-state index in [2.05, 4.69) is 205 Å². The second-order valence-corrected chi connectivity index (χ2v) is 13.7. The molecule has 1 aromatic heterocycles. The highest BCUT2D eigenvalue weighted by molar-refractivity contribution is 6.06. The Hall–Kier alpha value is -7.16. The molecular formula is C52H35NO. The third kappa shape index (κ3) is 5.62. The number of nitrogens with zero attached hydrogens (tertiary/aromatic N) is 1. The van der Waals surface area contributed by atoms with Crippen LogP contribution in [0.3, 0.4) is 0 Å². The van der Waals surface area contributed by atoms with Gasteiger partial charge >= 0.3 is 0 Å². The molecule has 0 atom stereocenters. The van der Waals surface area contributed by atoms with Crippen molar-refractivity contribution in [2.24, 2.45) is 0 Å². The van der Waals surface area contributed by atoms with Gasteiger partial charge in [0.1, 0.15) is 11.2 Å². The summed E-state index contributed by atoms with van der Waals surface area (Å²) in [5.74, 6) is 0. The summed E-state index contributed by atoms with van der Waals surface area (Å²) < 4.78 is 6.13. The van der Waals surface area contributed by atoms with Crippen LogP contribution in [0.25, 0.3) is 77.2 Å². The van der Waals surface area contributed by atoms with Gasteiger partial charge in [0.05, 0.1) is 11.4 Å². The van der Waals surface area contributed by atoms with Crippen LogP contribution < -0.4 is 4.90 Å². The van der Waals surface area contributed by atoms with E-state index in [4.69, 9.17) is 4.42 Å². The summed E-state index contributed by atoms with van der Waals surface area (Å²) >= 11 is 0. The Morgan fingerprint density at radius 3 is 1.63 bits per heavy atom. The maximum Gasteiger partial charge on any atom is 0.135 e. The van der Waals surface area contributed by atoms with Crippen LogP contribution in [0, 0.1) is 0 Å². The minimum atomic E-state index is 0.904. The first-order valence-corrected chi connectivity index (χ1v) is 18.4. The Labute approximate surface area is 314 Å². The smallest absolute Gasteiger partial charge is 0.135 e. The standard InChI is InChI=1S/C52H35NO/c1-2-14-38(15-3-1)45-21-6-9-25-49(45)53(42-31-28-36(29-32-42)39-30-33-52-48(35-39)47-23-8-11-27-51(47)54-52)50-26-10-7-22-46(50)41-19-12-18-40(34-41)44-24-13-17-37-16-4-5-20-43(37)44/h1-35H. The topological polar surface area (TPSA) is 16.4 Å². The fourth-order valence-corrected chi connectivity index (χ4v) is 7.89. The number of anilines is 3. The van der Waals surface area contributed by atoms with Crippen LogP contribution in [0.1, 0.15) is 0 Å². The summed E-state index contributed by atoms with van der Waals surface area (Å²) in [6.45, 7) is 0. The van der Waals surface area contributed by atoms with Crippen LogP contribution in [0.15, 0.2) is 217 Å². The van der Waals surface area contributed by atoms with E-state index in [0.717, 1.165) is 61.3 Å². The molecule has 2 nitrogen and oxygen atoms in total. The van der Waals surface area contributed by atoms with E-state index in [0.29, 0.717) is 0 Å². The maximum atomic E-state index is 6.13. The molecule has 0 unspecified atom stereocenters. The van der Waals surface area contributed by atoms with Gasteiger partial charge in [-0.05, 0) is 92.7 Å². The Morgan fingerprint density at radius 1 is 0.296 bits per heavy atom. The zero-order chi connectivity index (χ0) is 35.8. The third-order valence-electron chi connectivity index (χ3n) is 10.5. The highest BCUT2D eigenvalue weighted by Gasteiger charge is 2.21. The lowest BCUT2D eigenvalue weighted by Gasteiger charge is -2.30. The van der Waals surface area contributed by atoms with Crippen LogP contribution in [-0.2, 0) is 0 Å². The van der Waals surface area contributed by atoms with Gasteiger partial charge in [-0.3, -0.25) is 0 Å². The molecule has 54 heavy (non-hydrogen) atoms. The number of benzene rings is 9. The lowest BCUT2D eigenvalue weighted by Crippen LogP contribution is -2.12. The summed E-state index contributed by atoms with van der Waals surface area (Å²) in [7, 11) is 0. The van der Waals surface area contributed by atoms with E-state index < -0.39 is 0 Å². The van der Waals surface area contributed by atoms with Gasteiger partial charge in [-0.15, -0.1) is 0 Å². The van der Waals surface area contributed by atoms with Crippen LogP contribution in [-0.4, -0.2) is 0 Å². The Morgan fingerprint density at radius 2 is 0.833 bits per heavy atom. The van der Waals surface area contributed by atoms with E-state index in [1.807, 2.05) is 12.1 Å². The first kappa shape index (κ1) is 31.6. The van der Waals surface area contributed by atoms with Gasteiger partial charge in [0.15, 0.2) is 0 Å². The number of fused-ring (bicyclic) bond motifs is 4. The second kappa shape index (κ2) is 13.4. The van der Waals surface area contributed by atoms with Crippen molar-refractivity contribution < 1.29 is 4.42 Å². The highest BCUT2D eigenvalue weighted by Crippen LogP contribution is 2.45. The summed E-state index contributed by atoms with van der Waals surface area (Å²) in [5, 5.41) is 4.76. The van der Waals surface area contributed by atoms with E-state index in [9.17, 15) is 0 Å². The molecule has 0 aliphatic carbocycles. The number of rotatable bonds is 7. The molecule has 0 aliphatic heterocycles. The Balaban J connectivity index is 1.12.